The highest BCUT2D eigenvalue weighted by Crippen LogP contribution is 2.48. The third-order valence-corrected chi connectivity index (χ3v) is 7.58. The molecule has 0 aliphatic carbocycles. The van der Waals surface area contributed by atoms with Gasteiger partial charge in [-0.2, -0.15) is 0 Å². The lowest BCUT2D eigenvalue weighted by molar-refractivity contribution is -0.122. The number of amides is 1. The van der Waals surface area contributed by atoms with Crippen LogP contribution in [-0.2, 0) is 10.2 Å². The molecule has 0 spiro atoms. The quantitative estimate of drug-likeness (QED) is 0.444. The van der Waals surface area contributed by atoms with Gasteiger partial charge in [-0.15, -0.1) is 0 Å². The molecule has 36 heavy (non-hydrogen) atoms. The summed E-state index contributed by atoms with van der Waals surface area (Å²) in [7, 11) is 0. The predicted octanol–water partition coefficient (Wildman–Crippen LogP) is 5.09. The molecule has 3 aromatic rings. The number of ether oxygens (including phenoxy) is 1. The van der Waals surface area contributed by atoms with E-state index in [-0.39, 0.29) is 11.7 Å². The Labute approximate surface area is 213 Å². The number of nitrogens with zero attached hydrogens (tertiary/aromatic N) is 3. The molecule has 1 unspecified atom stereocenters. The zero-order valence-corrected chi connectivity index (χ0v) is 21.1. The van der Waals surface area contributed by atoms with Gasteiger partial charge >= 0.3 is 0 Å². The summed E-state index contributed by atoms with van der Waals surface area (Å²) >= 11 is 0. The third-order valence-electron chi connectivity index (χ3n) is 7.58. The molecule has 188 valence electrons. The van der Waals surface area contributed by atoms with Crippen LogP contribution in [0, 0.1) is 5.82 Å². The van der Waals surface area contributed by atoms with Gasteiger partial charge in [-0.05, 0) is 68.3 Å². The summed E-state index contributed by atoms with van der Waals surface area (Å²) in [4.78, 5) is 20.6. The fraction of sp³-hybridized carbons (Fsp3) is 0.367. The van der Waals surface area contributed by atoms with E-state index in [1.54, 1.807) is 12.1 Å². The Hall–Kier alpha value is -3.38. The van der Waals surface area contributed by atoms with Gasteiger partial charge in [-0.3, -0.25) is 9.69 Å². The van der Waals surface area contributed by atoms with Crippen LogP contribution in [0.2, 0.25) is 0 Å². The second-order valence-electron chi connectivity index (χ2n) is 9.46. The van der Waals surface area contributed by atoms with Crippen molar-refractivity contribution in [1.82, 2.24) is 4.90 Å². The van der Waals surface area contributed by atoms with Gasteiger partial charge in [-0.25, -0.2) is 4.39 Å². The molecule has 1 fully saturated rings. The second kappa shape index (κ2) is 10.3. The van der Waals surface area contributed by atoms with E-state index < -0.39 is 5.41 Å². The van der Waals surface area contributed by atoms with Crippen LogP contribution in [0.3, 0.4) is 0 Å². The normalized spacial score (nSPS) is 20.0. The van der Waals surface area contributed by atoms with E-state index in [1.165, 1.54) is 6.07 Å². The van der Waals surface area contributed by atoms with Gasteiger partial charge in [0, 0.05) is 38.4 Å². The van der Waals surface area contributed by atoms with Gasteiger partial charge in [0.15, 0.2) is 0 Å². The smallest absolute Gasteiger partial charge is 0.242 e. The number of hydrogen-bond donors (Lipinski definition) is 0. The Balaban J connectivity index is 1.38. The average Bonchev–Trinajstić information content (AvgIpc) is 3.15. The first-order chi connectivity index (χ1) is 17.6. The number of piperazine rings is 1. The molecular formula is C30H34FN3O2. The maximum absolute atomic E-state index is 14.5. The first-order valence-corrected chi connectivity index (χ1v) is 12.9. The van der Waals surface area contributed by atoms with Gasteiger partial charge in [0.2, 0.25) is 5.91 Å². The van der Waals surface area contributed by atoms with Crippen molar-refractivity contribution < 1.29 is 13.9 Å². The summed E-state index contributed by atoms with van der Waals surface area (Å²) in [6.07, 6.45) is 0.609. The van der Waals surface area contributed by atoms with Gasteiger partial charge in [0.05, 0.1) is 12.3 Å². The third kappa shape index (κ3) is 4.24. The Morgan fingerprint density at radius 3 is 2.33 bits per heavy atom. The molecule has 0 radical (unpaired) electrons. The van der Waals surface area contributed by atoms with Gasteiger partial charge in [-0.1, -0.05) is 42.5 Å². The van der Waals surface area contributed by atoms with E-state index in [0.717, 1.165) is 61.0 Å². The topological polar surface area (TPSA) is 36.0 Å². The van der Waals surface area contributed by atoms with Gasteiger partial charge in [0.1, 0.15) is 17.0 Å². The number of halogens is 1. The first kappa shape index (κ1) is 24.3. The molecule has 5 nitrogen and oxygen atoms in total. The minimum Gasteiger partial charge on any atom is -0.492 e. The molecule has 0 aromatic heterocycles. The van der Waals surface area contributed by atoms with Crippen LogP contribution >= 0.6 is 0 Å². The molecular weight excluding hydrogens is 453 g/mol. The van der Waals surface area contributed by atoms with Crippen molar-refractivity contribution in [3.05, 3.63) is 89.7 Å². The molecule has 2 heterocycles. The lowest BCUT2D eigenvalue weighted by atomic mass is 9.72. The molecule has 0 bridgehead atoms. The molecule has 6 heteroatoms. The number of para-hydroxylation sites is 2. The van der Waals surface area contributed by atoms with Gasteiger partial charge < -0.3 is 14.5 Å². The number of carbonyl (C=O) groups is 1. The fourth-order valence-electron chi connectivity index (χ4n) is 5.78. The Morgan fingerprint density at radius 2 is 1.61 bits per heavy atom. The maximum Gasteiger partial charge on any atom is 0.242 e. The number of likely N-dealkylation sites (N-methyl/N-ethyl adjacent to an activating group) is 1. The van der Waals surface area contributed by atoms with Crippen LogP contribution in [0.15, 0.2) is 72.8 Å². The van der Waals surface area contributed by atoms with Crippen LogP contribution in [0.4, 0.5) is 15.8 Å². The van der Waals surface area contributed by atoms with Gasteiger partial charge in [0.25, 0.3) is 0 Å². The largest absolute Gasteiger partial charge is 0.492 e. The van der Waals surface area contributed by atoms with Crippen molar-refractivity contribution in [3.8, 4) is 5.75 Å². The predicted molar refractivity (Wildman–Crippen MR) is 143 cm³/mol. The Kier molecular flexibility index (Phi) is 6.97. The number of rotatable bonds is 8. The van der Waals surface area contributed by atoms with Crippen LogP contribution < -0.4 is 14.5 Å². The number of carbonyl (C=O) groups excluding carboxylic acids is 1. The second-order valence-corrected chi connectivity index (χ2v) is 9.46. The summed E-state index contributed by atoms with van der Waals surface area (Å²) in [5, 5.41) is 0. The highest BCUT2D eigenvalue weighted by Gasteiger charge is 2.51. The minimum absolute atomic E-state index is 0.0427. The van der Waals surface area contributed by atoms with E-state index in [0.29, 0.717) is 19.6 Å². The summed E-state index contributed by atoms with van der Waals surface area (Å²) in [5.41, 5.74) is 2.79. The highest BCUT2D eigenvalue weighted by molar-refractivity contribution is 6.10. The zero-order valence-electron chi connectivity index (χ0n) is 21.1. The first-order valence-electron chi connectivity index (χ1n) is 12.9. The highest BCUT2D eigenvalue weighted by atomic mass is 19.1. The summed E-state index contributed by atoms with van der Waals surface area (Å²) in [6, 6.07) is 22.9. The maximum atomic E-state index is 14.5. The summed E-state index contributed by atoms with van der Waals surface area (Å²) in [5.74, 6) is 0.661. The Morgan fingerprint density at radius 1 is 0.889 bits per heavy atom. The standard InChI is InChI=1S/C30H34FN3O2/c1-3-34-26-15-14-24(31)22-25(26)30(29(34)35,23-10-6-5-7-11-23)16-17-32-18-20-33(21-19-32)27-12-8-9-13-28(27)36-4-2/h5-15,22H,3-4,16-21H2,1-2H3. The number of hydrogen-bond acceptors (Lipinski definition) is 4. The van der Waals surface area contributed by atoms with Crippen molar-refractivity contribution in [2.45, 2.75) is 25.7 Å². The fourth-order valence-corrected chi connectivity index (χ4v) is 5.78. The lowest BCUT2D eigenvalue weighted by Crippen LogP contribution is -2.49. The molecule has 5 rings (SSSR count). The minimum atomic E-state index is -0.882. The zero-order chi connectivity index (χ0) is 25.1. The van der Waals surface area contributed by atoms with Crippen LogP contribution in [0.1, 0.15) is 31.4 Å². The molecule has 1 saturated heterocycles. The molecule has 1 amide bonds. The van der Waals surface area contributed by atoms with E-state index in [2.05, 4.69) is 21.9 Å². The molecule has 2 aliphatic rings. The molecule has 3 aromatic carbocycles. The van der Waals surface area contributed by atoms with Crippen molar-refractivity contribution in [2.24, 2.45) is 0 Å². The van der Waals surface area contributed by atoms with Crippen molar-refractivity contribution in [2.75, 3.05) is 55.7 Å². The molecule has 1 atom stereocenters. The average molecular weight is 488 g/mol. The van der Waals surface area contributed by atoms with Crippen LogP contribution in [0.5, 0.6) is 5.75 Å². The number of benzene rings is 3. The van der Waals surface area contributed by atoms with Crippen molar-refractivity contribution >= 4 is 17.3 Å². The molecule has 2 aliphatic heterocycles. The summed E-state index contributed by atoms with van der Waals surface area (Å²) < 4.78 is 20.4. The number of anilines is 2. The van der Waals surface area contributed by atoms with Crippen molar-refractivity contribution in [1.29, 1.82) is 0 Å². The summed E-state index contributed by atoms with van der Waals surface area (Å²) in [6.45, 7) is 9.52. The van der Waals surface area contributed by atoms with E-state index >= 15 is 0 Å². The Bertz CT molecular complexity index is 1210. The number of fused-ring (bicyclic) bond motifs is 1. The monoisotopic (exact) mass is 487 g/mol. The van der Waals surface area contributed by atoms with E-state index in [9.17, 15) is 9.18 Å². The van der Waals surface area contributed by atoms with E-state index in [1.807, 2.05) is 61.2 Å². The van der Waals surface area contributed by atoms with Crippen molar-refractivity contribution in [3.63, 3.8) is 0 Å². The molecule has 0 saturated carbocycles. The van der Waals surface area contributed by atoms with Crippen LogP contribution in [-0.4, -0.2) is 56.7 Å². The SMILES string of the molecule is CCOc1ccccc1N1CCN(CCC2(c3ccccc3)C(=O)N(CC)c3ccc(F)cc32)CC1. The van der Waals surface area contributed by atoms with Crippen LogP contribution in [0.25, 0.3) is 0 Å². The lowest BCUT2D eigenvalue weighted by Gasteiger charge is -2.38. The van der Waals surface area contributed by atoms with E-state index in [4.69, 9.17) is 4.74 Å². The molecule has 0 N–H and O–H groups in total.